The van der Waals surface area contributed by atoms with Gasteiger partial charge in [0.15, 0.2) is 10.6 Å². The number of hydrogen-bond donors (Lipinski definition) is 0. The molecule has 0 saturated carbocycles. The first kappa shape index (κ1) is 22.0. The first-order valence-electron chi connectivity index (χ1n) is 10.6. The number of esters is 1. The summed E-state index contributed by atoms with van der Waals surface area (Å²) in [6, 6.07) is 9.92. The fourth-order valence-electron chi connectivity index (χ4n) is 4.15. The molecule has 9 heteroatoms. The summed E-state index contributed by atoms with van der Waals surface area (Å²) in [6.45, 7) is 5.33. The number of hydrogen-bond acceptors (Lipinski definition) is 7. The van der Waals surface area contributed by atoms with E-state index in [-0.39, 0.29) is 39.1 Å². The lowest BCUT2D eigenvalue weighted by Gasteiger charge is -2.22. The number of nitrogens with zero attached hydrogens (tertiary/aromatic N) is 2. The number of carbonyl (C=O) groups is 2. The highest BCUT2D eigenvalue weighted by molar-refractivity contribution is 7.17. The Labute approximate surface area is 197 Å². The van der Waals surface area contributed by atoms with E-state index in [1.807, 2.05) is 6.92 Å². The van der Waals surface area contributed by atoms with E-state index in [1.165, 1.54) is 23.1 Å². The number of benzene rings is 2. The molecule has 1 amide bonds. The number of thiazole rings is 1. The second-order valence-electron chi connectivity index (χ2n) is 7.90. The summed E-state index contributed by atoms with van der Waals surface area (Å²) in [5.74, 6) is -1.95. The van der Waals surface area contributed by atoms with Crippen LogP contribution < -0.4 is 10.3 Å². The van der Waals surface area contributed by atoms with Gasteiger partial charge in [0.1, 0.15) is 22.3 Å². The molecule has 2 aromatic carbocycles. The normalized spacial score (nSPS) is 15.1. The van der Waals surface area contributed by atoms with Crippen molar-refractivity contribution in [3.05, 3.63) is 91.5 Å². The molecule has 0 radical (unpaired) electrons. The monoisotopic (exact) mass is 478 g/mol. The van der Waals surface area contributed by atoms with Crippen LogP contribution in [0.15, 0.2) is 51.7 Å². The van der Waals surface area contributed by atoms with E-state index in [2.05, 4.69) is 4.98 Å². The zero-order valence-electron chi connectivity index (χ0n) is 18.5. The van der Waals surface area contributed by atoms with E-state index in [9.17, 15) is 14.4 Å². The van der Waals surface area contributed by atoms with Gasteiger partial charge in [-0.2, -0.15) is 0 Å². The van der Waals surface area contributed by atoms with Crippen molar-refractivity contribution in [2.45, 2.75) is 26.8 Å². The highest BCUT2D eigenvalue weighted by atomic mass is 32.1. The van der Waals surface area contributed by atoms with E-state index in [4.69, 9.17) is 9.15 Å². The fraction of sp³-hybridized carbons (Fsp3) is 0.200. The lowest BCUT2D eigenvalue weighted by Crippen LogP contribution is -2.30. The molecule has 34 heavy (non-hydrogen) atoms. The third-order valence-electron chi connectivity index (χ3n) is 5.68. The van der Waals surface area contributed by atoms with Crippen LogP contribution in [0.1, 0.15) is 55.6 Å². The number of anilines is 1. The summed E-state index contributed by atoms with van der Waals surface area (Å²) in [4.78, 5) is 45.4. The van der Waals surface area contributed by atoms with Gasteiger partial charge in [-0.05, 0) is 39.0 Å². The smallest absolute Gasteiger partial charge is 0.350 e. The van der Waals surface area contributed by atoms with Gasteiger partial charge in [0.2, 0.25) is 5.76 Å². The molecule has 0 aliphatic carbocycles. The second kappa shape index (κ2) is 8.18. The van der Waals surface area contributed by atoms with E-state index in [0.29, 0.717) is 11.1 Å². The minimum atomic E-state index is -1.11. The van der Waals surface area contributed by atoms with Crippen LogP contribution in [0.25, 0.3) is 11.0 Å². The van der Waals surface area contributed by atoms with Crippen LogP contribution in [0.3, 0.4) is 0 Å². The zero-order chi connectivity index (χ0) is 24.1. The number of rotatable bonds is 4. The fourth-order valence-corrected chi connectivity index (χ4v) is 5.13. The predicted octanol–water partition coefficient (Wildman–Crippen LogP) is 4.93. The van der Waals surface area contributed by atoms with E-state index in [0.717, 1.165) is 16.9 Å². The Morgan fingerprint density at radius 2 is 1.97 bits per heavy atom. The third-order valence-corrected chi connectivity index (χ3v) is 6.81. The van der Waals surface area contributed by atoms with Crippen LogP contribution in [-0.2, 0) is 4.74 Å². The maximum atomic E-state index is 15.0. The second-order valence-corrected chi connectivity index (χ2v) is 8.88. The van der Waals surface area contributed by atoms with Crippen molar-refractivity contribution >= 4 is 39.3 Å². The summed E-state index contributed by atoms with van der Waals surface area (Å²) in [6.07, 6.45) is 0. The molecule has 4 aromatic rings. The molecule has 1 unspecified atom stereocenters. The topological polar surface area (TPSA) is 89.7 Å². The Kier molecular flexibility index (Phi) is 5.28. The first-order valence-corrected chi connectivity index (χ1v) is 11.4. The Morgan fingerprint density at radius 3 is 2.71 bits per heavy atom. The van der Waals surface area contributed by atoms with Crippen molar-refractivity contribution in [2.24, 2.45) is 0 Å². The summed E-state index contributed by atoms with van der Waals surface area (Å²) >= 11 is 0.949. The van der Waals surface area contributed by atoms with Crippen LogP contribution in [0.5, 0.6) is 0 Å². The Hall–Kier alpha value is -3.85. The number of amides is 1. The average molecular weight is 479 g/mol. The lowest BCUT2D eigenvalue weighted by molar-refractivity contribution is 0.0531. The van der Waals surface area contributed by atoms with Gasteiger partial charge in [-0.1, -0.05) is 41.2 Å². The van der Waals surface area contributed by atoms with E-state index in [1.54, 1.807) is 38.1 Å². The minimum Gasteiger partial charge on any atom is -0.462 e. The van der Waals surface area contributed by atoms with Crippen molar-refractivity contribution in [2.75, 3.05) is 11.5 Å². The third kappa shape index (κ3) is 3.31. The molecular formula is C25H19FN2O5S. The van der Waals surface area contributed by atoms with Crippen LogP contribution in [0.2, 0.25) is 0 Å². The van der Waals surface area contributed by atoms with Gasteiger partial charge in [-0.3, -0.25) is 14.5 Å². The summed E-state index contributed by atoms with van der Waals surface area (Å²) in [5.41, 5.74) is 1.23. The van der Waals surface area contributed by atoms with E-state index < -0.39 is 29.2 Å². The predicted molar refractivity (Wildman–Crippen MR) is 125 cm³/mol. The van der Waals surface area contributed by atoms with Gasteiger partial charge in [0.05, 0.1) is 23.3 Å². The molecule has 3 heterocycles. The molecule has 7 nitrogen and oxygen atoms in total. The quantitative estimate of drug-likeness (QED) is 0.386. The average Bonchev–Trinajstić information content (AvgIpc) is 3.32. The maximum absolute atomic E-state index is 15.0. The molecule has 172 valence electrons. The van der Waals surface area contributed by atoms with Crippen LogP contribution in [-0.4, -0.2) is 23.5 Å². The van der Waals surface area contributed by atoms with Crippen molar-refractivity contribution in [1.82, 2.24) is 4.98 Å². The molecule has 0 spiro atoms. The highest BCUT2D eigenvalue weighted by Gasteiger charge is 2.46. The van der Waals surface area contributed by atoms with Crippen LogP contribution in [0, 0.1) is 19.7 Å². The van der Waals surface area contributed by atoms with Gasteiger partial charge in [-0.25, -0.2) is 14.2 Å². The van der Waals surface area contributed by atoms with Gasteiger partial charge in [-0.15, -0.1) is 0 Å². The van der Waals surface area contributed by atoms with Gasteiger partial charge < -0.3 is 9.15 Å². The SMILES string of the molecule is CCOC(=O)c1sc(N2C(=O)c3oc4ccc(C)cc4c(=O)c3C2c2ccccc2F)nc1C. The Morgan fingerprint density at radius 1 is 1.21 bits per heavy atom. The van der Waals surface area contributed by atoms with Crippen molar-refractivity contribution in [3.8, 4) is 0 Å². The number of aryl methyl sites for hydroxylation is 2. The largest absolute Gasteiger partial charge is 0.462 e. The van der Waals surface area contributed by atoms with Gasteiger partial charge in [0, 0.05) is 5.56 Å². The van der Waals surface area contributed by atoms with E-state index >= 15 is 4.39 Å². The number of carbonyl (C=O) groups excluding carboxylic acids is 2. The molecule has 1 aliphatic heterocycles. The molecule has 0 fully saturated rings. The van der Waals surface area contributed by atoms with Gasteiger partial charge in [0.25, 0.3) is 5.91 Å². The van der Waals surface area contributed by atoms with Gasteiger partial charge >= 0.3 is 5.97 Å². The number of fused-ring (bicyclic) bond motifs is 2. The van der Waals surface area contributed by atoms with Crippen molar-refractivity contribution < 1.29 is 23.1 Å². The number of aromatic nitrogens is 1. The standard InChI is InChI=1S/C25H19FN2O5S/c1-4-32-24(31)22-13(3)27-25(34-22)28-19(14-7-5-6-8-16(14)26)18-20(29)15-11-12(2)9-10-17(15)33-21(18)23(28)30/h5-11,19H,4H2,1-3H3. The van der Waals surface area contributed by atoms with Crippen LogP contribution in [0.4, 0.5) is 9.52 Å². The Bertz CT molecular complexity index is 1540. The molecule has 1 aliphatic rings. The molecule has 0 saturated heterocycles. The Balaban J connectivity index is 1.77. The number of ether oxygens (including phenoxy) is 1. The summed E-state index contributed by atoms with van der Waals surface area (Å²) in [7, 11) is 0. The molecule has 0 N–H and O–H groups in total. The zero-order valence-corrected chi connectivity index (χ0v) is 19.4. The number of halogens is 1. The highest BCUT2D eigenvalue weighted by Crippen LogP contribution is 2.43. The molecule has 1 atom stereocenters. The molecule has 0 bridgehead atoms. The maximum Gasteiger partial charge on any atom is 0.350 e. The first-order chi connectivity index (χ1) is 16.3. The summed E-state index contributed by atoms with van der Waals surface area (Å²) < 4.78 is 26.0. The minimum absolute atomic E-state index is 0.0405. The van der Waals surface area contributed by atoms with Crippen molar-refractivity contribution in [1.29, 1.82) is 0 Å². The lowest BCUT2D eigenvalue weighted by atomic mass is 9.98. The van der Waals surface area contributed by atoms with Crippen molar-refractivity contribution in [3.63, 3.8) is 0 Å². The summed E-state index contributed by atoms with van der Waals surface area (Å²) in [5, 5.41) is 0.446. The molecule has 5 rings (SSSR count). The molecule has 2 aromatic heterocycles. The molecular weight excluding hydrogens is 459 g/mol. The van der Waals surface area contributed by atoms with Crippen LogP contribution >= 0.6 is 11.3 Å².